The SMILES string of the molecule is CCCCCCCCn1nnn(-c2ccc(S(=O)(=O)Cl)cc2)c1=O. The minimum absolute atomic E-state index is 0.0274. The van der Waals surface area contributed by atoms with Gasteiger partial charge in [0.05, 0.1) is 10.6 Å². The largest absolute Gasteiger partial charge is 0.368 e. The summed E-state index contributed by atoms with van der Waals surface area (Å²) in [5.74, 6) is 0. The highest BCUT2D eigenvalue weighted by Crippen LogP contribution is 2.16. The Bertz CT molecular complexity index is 812. The second-order valence-electron chi connectivity index (χ2n) is 5.60. The van der Waals surface area contributed by atoms with Crippen molar-refractivity contribution in [3.8, 4) is 5.69 Å². The zero-order valence-corrected chi connectivity index (χ0v) is 15.1. The highest BCUT2D eigenvalue weighted by atomic mass is 35.7. The Kier molecular flexibility index (Phi) is 6.56. The van der Waals surface area contributed by atoms with Crippen LogP contribution in [-0.2, 0) is 15.6 Å². The van der Waals surface area contributed by atoms with E-state index in [2.05, 4.69) is 17.4 Å². The fourth-order valence-corrected chi connectivity index (χ4v) is 3.14. The van der Waals surface area contributed by atoms with Crippen molar-refractivity contribution in [3.05, 3.63) is 34.7 Å². The molecule has 0 fully saturated rings. The number of aryl methyl sites for hydroxylation is 1. The molecule has 24 heavy (non-hydrogen) atoms. The molecule has 0 aliphatic rings. The predicted octanol–water partition coefficient (Wildman–Crippen LogP) is 2.72. The van der Waals surface area contributed by atoms with E-state index in [1.54, 1.807) is 0 Å². The molecule has 0 bridgehead atoms. The van der Waals surface area contributed by atoms with E-state index in [9.17, 15) is 13.2 Å². The molecule has 1 aromatic heterocycles. The molecule has 0 amide bonds. The van der Waals surface area contributed by atoms with E-state index in [0.29, 0.717) is 12.2 Å². The molecule has 0 saturated carbocycles. The first-order valence-electron chi connectivity index (χ1n) is 8.01. The molecule has 0 spiro atoms. The monoisotopic (exact) mass is 372 g/mol. The van der Waals surface area contributed by atoms with Crippen molar-refractivity contribution in [2.75, 3.05) is 0 Å². The summed E-state index contributed by atoms with van der Waals surface area (Å²) >= 11 is 0. The van der Waals surface area contributed by atoms with Gasteiger partial charge < -0.3 is 0 Å². The number of tetrazole rings is 1. The summed E-state index contributed by atoms with van der Waals surface area (Å²) in [6, 6.07) is 5.61. The maximum absolute atomic E-state index is 12.3. The lowest BCUT2D eigenvalue weighted by atomic mass is 10.1. The topological polar surface area (TPSA) is 86.8 Å². The standard InChI is InChI=1S/C15H21ClN4O3S/c1-2-3-4-5-6-7-12-19-15(21)20(18-17-19)13-8-10-14(11-9-13)24(16,22)23/h8-11H,2-7,12H2,1H3. The predicted molar refractivity (Wildman–Crippen MR) is 92.0 cm³/mol. The molecule has 0 aliphatic carbocycles. The number of aromatic nitrogens is 4. The van der Waals surface area contributed by atoms with E-state index in [4.69, 9.17) is 10.7 Å². The molecule has 0 aliphatic heterocycles. The Hall–Kier alpha value is -1.67. The van der Waals surface area contributed by atoms with E-state index < -0.39 is 9.05 Å². The minimum atomic E-state index is -3.78. The molecule has 1 aromatic carbocycles. The van der Waals surface area contributed by atoms with Crippen LogP contribution in [-0.4, -0.2) is 28.2 Å². The molecule has 132 valence electrons. The van der Waals surface area contributed by atoms with Gasteiger partial charge in [0.1, 0.15) is 0 Å². The van der Waals surface area contributed by atoms with Crippen molar-refractivity contribution in [1.29, 1.82) is 0 Å². The third-order valence-electron chi connectivity index (χ3n) is 3.73. The van der Waals surface area contributed by atoms with Crippen LogP contribution in [0.1, 0.15) is 45.4 Å². The Morgan fingerprint density at radius 1 is 1.00 bits per heavy atom. The van der Waals surface area contributed by atoms with Gasteiger partial charge in [-0.15, -0.1) is 0 Å². The lowest BCUT2D eigenvalue weighted by Gasteiger charge is -2.01. The van der Waals surface area contributed by atoms with Crippen molar-refractivity contribution >= 4 is 19.7 Å². The number of rotatable bonds is 9. The van der Waals surface area contributed by atoms with Gasteiger partial charge in [-0.2, -0.15) is 9.36 Å². The summed E-state index contributed by atoms with van der Waals surface area (Å²) in [5, 5.41) is 7.71. The number of halogens is 1. The Morgan fingerprint density at radius 2 is 1.62 bits per heavy atom. The Labute approximate surface area is 145 Å². The van der Waals surface area contributed by atoms with Crippen LogP contribution in [0, 0.1) is 0 Å². The molecule has 0 radical (unpaired) electrons. The zero-order chi connectivity index (χ0) is 17.6. The van der Waals surface area contributed by atoms with Gasteiger partial charge in [0.25, 0.3) is 9.05 Å². The third kappa shape index (κ3) is 4.91. The van der Waals surface area contributed by atoms with Crippen LogP contribution in [0.2, 0.25) is 0 Å². The average molecular weight is 373 g/mol. The number of hydrogen-bond donors (Lipinski definition) is 0. The second kappa shape index (κ2) is 8.43. The molecule has 9 heteroatoms. The van der Waals surface area contributed by atoms with E-state index in [1.165, 1.54) is 48.2 Å². The van der Waals surface area contributed by atoms with E-state index in [1.807, 2.05) is 0 Å². The van der Waals surface area contributed by atoms with E-state index in [-0.39, 0.29) is 10.6 Å². The number of nitrogens with zero attached hydrogens (tertiary/aromatic N) is 4. The molecule has 0 saturated heterocycles. The van der Waals surface area contributed by atoms with Crippen LogP contribution < -0.4 is 5.69 Å². The van der Waals surface area contributed by atoms with Gasteiger partial charge in [-0.25, -0.2) is 13.2 Å². The third-order valence-corrected chi connectivity index (χ3v) is 5.10. The lowest BCUT2D eigenvalue weighted by molar-refractivity contribution is 0.507. The van der Waals surface area contributed by atoms with Gasteiger partial charge in [0.2, 0.25) is 0 Å². The summed E-state index contributed by atoms with van der Waals surface area (Å²) in [6.07, 6.45) is 6.76. The van der Waals surface area contributed by atoms with Gasteiger partial charge in [0, 0.05) is 17.2 Å². The quantitative estimate of drug-likeness (QED) is 0.499. The Morgan fingerprint density at radius 3 is 2.25 bits per heavy atom. The fraction of sp³-hybridized carbons (Fsp3) is 0.533. The van der Waals surface area contributed by atoms with Gasteiger partial charge in [-0.1, -0.05) is 39.0 Å². The van der Waals surface area contributed by atoms with Crippen LogP contribution in [0.4, 0.5) is 0 Å². The summed E-state index contributed by atoms with van der Waals surface area (Å²) in [6.45, 7) is 2.70. The van der Waals surface area contributed by atoms with Crippen LogP contribution in [0.5, 0.6) is 0 Å². The lowest BCUT2D eigenvalue weighted by Crippen LogP contribution is -2.24. The first-order chi connectivity index (χ1) is 11.4. The molecule has 0 unspecified atom stereocenters. The normalized spacial score (nSPS) is 11.8. The zero-order valence-electron chi connectivity index (χ0n) is 13.6. The van der Waals surface area contributed by atoms with Gasteiger partial charge in [-0.05, 0) is 41.1 Å². The molecule has 1 heterocycles. The summed E-state index contributed by atoms with van der Waals surface area (Å²) in [4.78, 5) is 12.2. The van der Waals surface area contributed by atoms with Crippen LogP contribution in [0.25, 0.3) is 5.69 Å². The van der Waals surface area contributed by atoms with Gasteiger partial charge >= 0.3 is 5.69 Å². The smallest absolute Gasteiger partial charge is 0.244 e. The number of benzene rings is 1. The van der Waals surface area contributed by atoms with Crippen LogP contribution >= 0.6 is 10.7 Å². The molecule has 7 nitrogen and oxygen atoms in total. The van der Waals surface area contributed by atoms with Crippen LogP contribution in [0.15, 0.2) is 34.0 Å². The van der Waals surface area contributed by atoms with Gasteiger partial charge in [0.15, 0.2) is 0 Å². The minimum Gasteiger partial charge on any atom is -0.244 e. The molecular formula is C15H21ClN4O3S. The number of hydrogen-bond acceptors (Lipinski definition) is 5. The highest BCUT2D eigenvalue weighted by Gasteiger charge is 2.12. The van der Waals surface area contributed by atoms with Crippen LogP contribution in [0.3, 0.4) is 0 Å². The fourth-order valence-electron chi connectivity index (χ4n) is 2.37. The van der Waals surface area contributed by atoms with Crippen molar-refractivity contribution in [2.45, 2.75) is 56.9 Å². The molecule has 2 rings (SSSR count). The van der Waals surface area contributed by atoms with Gasteiger partial charge in [-0.3, -0.25) is 0 Å². The maximum atomic E-state index is 12.3. The highest BCUT2D eigenvalue weighted by molar-refractivity contribution is 8.13. The average Bonchev–Trinajstić information content (AvgIpc) is 2.91. The Balaban J connectivity index is 2.00. The molecule has 0 N–H and O–H groups in total. The maximum Gasteiger partial charge on any atom is 0.368 e. The van der Waals surface area contributed by atoms with Crippen molar-refractivity contribution in [2.24, 2.45) is 0 Å². The second-order valence-corrected chi connectivity index (χ2v) is 8.16. The van der Waals surface area contributed by atoms with E-state index >= 15 is 0 Å². The first kappa shape index (κ1) is 18.7. The molecule has 0 atom stereocenters. The summed E-state index contributed by atoms with van der Waals surface area (Å²) in [5.41, 5.74) is 0.100. The summed E-state index contributed by atoms with van der Waals surface area (Å²) < 4.78 is 24.9. The summed E-state index contributed by atoms with van der Waals surface area (Å²) in [7, 11) is 1.48. The number of unbranched alkanes of at least 4 members (excludes halogenated alkanes) is 5. The van der Waals surface area contributed by atoms with Crippen molar-refractivity contribution in [1.82, 2.24) is 19.8 Å². The molecule has 2 aromatic rings. The van der Waals surface area contributed by atoms with E-state index in [0.717, 1.165) is 23.9 Å². The van der Waals surface area contributed by atoms with Crippen molar-refractivity contribution in [3.63, 3.8) is 0 Å². The molecular weight excluding hydrogens is 352 g/mol. The first-order valence-corrected chi connectivity index (χ1v) is 10.3. The van der Waals surface area contributed by atoms with Crippen molar-refractivity contribution < 1.29 is 8.42 Å².